The van der Waals surface area contributed by atoms with E-state index in [0.29, 0.717) is 38.3 Å². The van der Waals surface area contributed by atoms with E-state index >= 15 is 0 Å². The maximum absolute atomic E-state index is 13.0. The Balaban J connectivity index is 2.02. The summed E-state index contributed by atoms with van der Waals surface area (Å²) in [7, 11) is 0. The van der Waals surface area contributed by atoms with Gasteiger partial charge >= 0.3 is 12.4 Å². The van der Waals surface area contributed by atoms with Crippen LogP contribution in [0.5, 0.6) is 0 Å². The Morgan fingerprint density at radius 3 is 2.04 bits per heavy atom. The Morgan fingerprint density at radius 1 is 0.929 bits per heavy atom. The summed E-state index contributed by atoms with van der Waals surface area (Å²) in [5.41, 5.74) is -3.41. The highest BCUT2D eigenvalue weighted by molar-refractivity contribution is 5.93. The van der Waals surface area contributed by atoms with Crippen molar-refractivity contribution in [3.63, 3.8) is 0 Å². The second kappa shape index (κ2) is 7.42. The molecule has 0 aliphatic carbocycles. The number of hydrogen-bond acceptors (Lipinski definition) is 3. The molecule has 1 amide bonds. The van der Waals surface area contributed by atoms with Crippen molar-refractivity contribution < 1.29 is 31.1 Å². The van der Waals surface area contributed by atoms with E-state index in [0.717, 1.165) is 0 Å². The first kappa shape index (κ1) is 20.1. The van der Waals surface area contributed by atoms with Crippen molar-refractivity contribution >= 4 is 5.91 Å². The van der Waals surface area contributed by atoms with Gasteiger partial charge in [-0.2, -0.15) is 26.3 Å². The second-order valence-electron chi connectivity index (χ2n) is 6.24. The monoisotopic (exact) mass is 403 g/mol. The zero-order valence-electron chi connectivity index (χ0n) is 14.4. The SMILES string of the molecule is O=C(c1cccc(-c2cc(C(F)(F)F)cc(C(F)(F)F)c2)n1)N1CCNCC1. The number of piperazine rings is 1. The summed E-state index contributed by atoms with van der Waals surface area (Å²) in [6, 6.07) is 5.27. The van der Waals surface area contributed by atoms with Crippen molar-refractivity contribution in [3.8, 4) is 11.3 Å². The number of nitrogens with one attached hydrogen (secondary N) is 1. The molecule has 1 aliphatic rings. The molecule has 0 radical (unpaired) electrons. The highest BCUT2D eigenvalue weighted by Gasteiger charge is 2.37. The molecule has 0 saturated carbocycles. The lowest BCUT2D eigenvalue weighted by Gasteiger charge is -2.27. The lowest BCUT2D eigenvalue weighted by Crippen LogP contribution is -2.46. The van der Waals surface area contributed by atoms with Crippen LogP contribution in [0.3, 0.4) is 0 Å². The molecule has 3 rings (SSSR count). The fraction of sp³-hybridized carbons (Fsp3) is 0.333. The van der Waals surface area contributed by atoms with Gasteiger partial charge in [-0.1, -0.05) is 6.07 Å². The minimum Gasteiger partial charge on any atom is -0.335 e. The van der Waals surface area contributed by atoms with Crippen LogP contribution in [0.25, 0.3) is 11.3 Å². The average Bonchev–Trinajstić information content (AvgIpc) is 2.66. The van der Waals surface area contributed by atoms with Crippen LogP contribution in [-0.4, -0.2) is 42.0 Å². The van der Waals surface area contributed by atoms with Crippen molar-refractivity contribution in [1.82, 2.24) is 15.2 Å². The number of aromatic nitrogens is 1. The Labute approximate surface area is 156 Å². The van der Waals surface area contributed by atoms with Gasteiger partial charge in [-0.3, -0.25) is 4.79 Å². The fourth-order valence-corrected chi connectivity index (χ4v) is 2.85. The number of amides is 1. The predicted molar refractivity (Wildman–Crippen MR) is 88.5 cm³/mol. The molecule has 0 unspecified atom stereocenters. The normalized spacial score (nSPS) is 15.6. The van der Waals surface area contributed by atoms with E-state index in [1.165, 1.54) is 23.1 Å². The first-order valence-corrected chi connectivity index (χ1v) is 8.32. The van der Waals surface area contributed by atoms with Crippen LogP contribution < -0.4 is 5.32 Å². The van der Waals surface area contributed by atoms with Crippen molar-refractivity contribution in [2.75, 3.05) is 26.2 Å². The van der Waals surface area contributed by atoms with Gasteiger partial charge in [-0.15, -0.1) is 0 Å². The Morgan fingerprint density at radius 2 is 1.50 bits per heavy atom. The lowest BCUT2D eigenvalue weighted by molar-refractivity contribution is -0.143. The van der Waals surface area contributed by atoms with E-state index in [4.69, 9.17) is 0 Å². The van der Waals surface area contributed by atoms with Crippen molar-refractivity contribution in [1.29, 1.82) is 0 Å². The number of halogens is 6. The molecule has 150 valence electrons. The summed E-state index contributed by atoms with van der Waals surface area (Å²) >= 11 is 0. The average molecular weight is 403 g/mol. The van der Waals surface area contributed by atoms with Crippen LogP contribution in [0.1, 0.15) is 21.6 Å². The van der Waals surface area contributed by atoms with Crippen molar-refractivity contribution in [2.45, 2.75) is 12.4 Å². The molecule has 1 aromatic heterocycles. The summed E-state index contributed by atoms with van der Waals surface area (Å²) in [6.07, 6.45) is -9.91. The molecular formula is C18H15F6N3O. The molecule has 28 heavy (non-hydrogen) atoms. The molecule has 1 aromatic carbocycles. The third-order valence-corrected chi connectivity index (χ3v) is 4.26. The number of nitrogens with zero attached hydrogens (tertiary/aromatic N) is 2. The molecule has 0 spiro atoms. The van der Waals surface area contributed by atoms with E-state index in [1.807, 2.05) is 0 Å². The maximum atomic E-state index is 13.0. The van der Waals surface area contributed by atoms with Crippen LogP contribution in [0.4, 0.5) is 26.3 Å². The summed E-state index contributed by atoms with van der Waals surface area (Å²) in [4.78, 5) is 18.1. The molecule has 2 aromatic rings. The van der Waals surface area contributed by atoms with Crippen molar-refractivity contribution in [3.05, 3.63) is 53.2 Å². The van der Waals surface area contributed by atoms with Gasteiger partial charge in [0.15, 0.2) is 0 Å². The first-order chi connectivity index (χ1) is 13.1. The van der Waals surface area contributed by atoms with E-state index in [-0.39, 0.29) is 23.0 Å². The molecule has 1 N–H and O–H groups in total. The Hall–Kier alpha value is -2.62. The van der Waals surface area contributed by atoms with Gasteiger partial charge in [0.2, 0.25) is 0 Å². The van der Waals surface area contributed by atoms with Gasteiger partial charge < -0.3 is 10.2 Å². The predicted octanol–water partition coefficient (Wildman–Crippen LogP) is 3.83. The third-order valence-electron chi connectivity index (χ3n) is 4.26. The lowest BCUT2D eigenvalue weighted by atomic mass is 10.0. The molecule has 1 fully saturated rings. The number of hydrogen-bond donors (Lipinski definition) is 1. The first-order valence-electron chi connectivity index (χ1n) is 8.32. The summed E-state index contributed by atoms with van der Waals surface area (Å²) in [5, 5.41) is 3.07. The molecule has 10 heteroatoms. The molecule has 1 aliphatic heterocycles. The van der Waals surface area contributed by atoms with Crippen molar-refractivity contribution in [2.24, 2.45) is 0 Å². The van der Waals surface area contributed by atoms with Crippen LogP contribution in [-0.2, 0) is 12.4 Å². The van der Waals surface area contributed by atoms with Crippen LogP contribution in [0.2, 0.25) is 0 Å². The van der Waals surface area contributed by atoms with Gasteiger partial charge in [-0.25, -0.2) is 4.98 Å². The highest BCUT2D eigenvalue weighted by Crippen LogP contribution is 2.38. The molecule has 0 atom stereocenters. The second-order valence-corrected chi connectivity index (χ2v) is 6.24. The van der Waals surface area contributed by atoms with E-state index in [1.54, 1.807) is 0 Å². The number of alkyl halides is 6. The van der Waals surface area contributed by atoms with Gasteiger partial charge in [0.1, 0.15) is 5.69 Å². The minimum absolute atomic E-state index is 0.0367. The zero-order valence-corrected chi connectivity index (χ0v) is 14.4. The summed E-state index contributed by atoms with van der Waals surface area (Å²) in [6.45, 7) is 2.06. The van der Waals surface area contributed by atoms with E-state index in [2.05, 4.69) is 10.3 Å². The van der Waals surface area contributed by atoms with Crippen LogP contribution in [0.15, 0.2) is 36.4 Å². The molecule has 0 bridgehead atoms. The number of rotatable bonds is 2. The quantitative estimate of drug-likeness (QED) is 0.776. The van der Waals surface area contributed by atoms with E-state index in [9.17, 15) is 31.1 Å². The molecule has 1 saturated heterocycles. The molecular weight excluding hydrogens is 388 g/mol. The van der Waals surface area contributed by atoms with Gasteiger partial charge in [-0.05, 0) is 30.3 Å². The topological polar surface area (TPSA) is 45.2 Å². The van der Waals surface area contributed by atoms with E-state index < -0.39 is 29.4 Å². The minimum atomic E-state index is -4.95. The van der Waals surface area contributed by atoms with Crippen LogP contribution >= 0.6 is 0 Å². The number of carbonyl (C=O) groups is 1. The van der Waals surface area contributed by atoms with Gasteiger partial charge in [0.05, 0.1) is 16.8 Å². The third kappa shape index (κ3) is 4.44. The highest BCUT2D eigenvalue weighted by atomic mass is 19.4. The Kier molecular flexibility index (Phi) is 5.33. The smallest absolute Gasteiger partial charge is 0.335 e. The largest absolute Gasteiger partial charge is 0.416 e. The summed E-state index contributed by atoms with van der Waals surface area (Å²) in [5.74, 6) is -0.425. The van der Waals surface area contributed by atoms with Gasteiger partial charge in [0.25, 0.3) is 5.91 Å². The Bertz CT molecular complexity index is 840. The number of carbonyl (C=O) groups excluding carboxylic acids is 1. The maximum Gasteiger partial charge on any atom is 0.416 e. The standard InChI is InChI=1S/C18H15F6N3O/c19-17(20,21)12-8-11(9-13(10-12)18(22,23)24)14-2-1-3-15(26-14)16(28)27-6-4-25-5-7-27/h1-3,8-10,25H,4-7H2. The zero-order chi connectivity index (χ0) is 20.5. The van der Waals surface area contributed by atoms with Crippen LogP contribution in [0, 0.1) is 0 Å². The summed E-state index contributed by atoms with van der Waals surface area (Å²) < 4.78 is 78.3. The molecule has 4 nitrogen and oxygen atoms in total. The number of pyridine rings is 1. The molecule has 2 heterocycles. The fourth-order valence-electron chi connectivity index (χ4n) is 2.85. The van der Waals surface area contributed by atoms with Gasteiger partial charge in [0, 0.05) is 31.7 Å². The number of benzene rings is 1.